The van der Waals surface area contributed by atoms with Crippen LogP contribution in [0.15, 0.2) is 60.7 Å². The first-order valence-electron chi connectivity index (χ1n) is 6.46. The van der Waals surface area contributed by atoms with Crippen LogP contribution < -0.4 is 0 Å². The Kier molecular flexibility index (Phi) is 2.49. The average Bonchev–Trinajstić information content (AvgIpc) is 3.10. The topological polar surface area (TPSA) is 37.3 Å². The maximum Gasteiger partial charge on any atom is 0.310 e. The van der Waals surface area contributed by atoms with E-state index in [1.54, 1.807) is 0 Å². The second-order valence-corrected chi connectivity index (χ2v) is 5.45. The molecule has 0 spiro atoms. The molecule has 1 aliphatic carbocycles. The van der Waals surface area contributed by atoms with Gasteiger partial charge in [0.15, 0.2) is 0 Å². The fraction of sp³-hybridized carbons (Fsp3) is 0.235. The summed E-state index contributed by atoms with van der Waals surface area (Å²) in [7, 11) is 0. The van der Waals surface area contributed by atoms with Gasteiger partial charge in [-0.05, 0) is 24.5 Å². The summed E-state index contributed by atoms with van der Waals surface area (Å²) in [6.45, 7) is 1.84. The Bertz CT molecular complexity index is 564. The van der Waals surface area contributed by atoms with Crippen molar-refractivity contribution in [2.75, 3.05) is 0 Å². The van der Waals surface area contributed by atoms with E-state index >= 15 is 0 Å². The molecule has 0 aromatic heterocycles. The smallest absolute Gasteiger partial charge is 0.310 e. The minimum absolute atomic E-state index is 0.388. The van der Waals surface area contributed by atoms with Crippen molar-refractivity contribution < 1.29 is 9.90 Å². The van der Waals surface area contributed by atoms with E-state index in [2.05, 4.69) is 0 Å². The fourth-order valence-corrected chi connectivity index (χ4v) is 3.20. The van der Waals surface area contributed by atoms with Crippen LogP contribution in [0.5, 0.6) is 0 Å². The lowest BCUT2D eigenvalue weighted by molar-refractivity contribution is -0.143. The number of carboxylic acid groups (broad SMARTS) is 1. The highest BCUT2D eigenvalue weighted by Crippen LogP contribution is 2.68. The highest BCUT2D eigenvalue weighted by Gasteiger charge is 2.70. The molecule has 96 valence electrons. The van der Waals surface area contributed by atoms with Crippen LogP contribution in [0, 0.1) is 5.41 Å². The first-order chi connectivity index (χ1) is 9.11. The number of rotatable bonds is 3. The van der Waals surface area contributed by atoms with Crippen molar-refractivity contribution in [3.8, 4) is 0 Å². The Hall–Kier alpha value is -2.09. The van der Waals surface area contributed by atoms with E-state index in [0.717, 1.165) is 11.1 Å². The van der Waals surface area contributed by atoms with E-state index < -0.39 is 11.4 Å². The molecule has 0 amide bonds. The van der Waals surface area contributed by atoms with E-state index in [1.165, 1.54) is 0 Å². The van der Waals surface area contributed by atoms with Gasteiger partial charge in [0.1, 0.15) is 0 Å². The van der Waals surface area contributed by atoms with E-state index in [-0.39, 0.29) is 5.41 Å². The van der Waals surface area contributed by atoms with E-state index in [4.69, 9.17) is 0 Å². The highest BCUT2D eigenvalue weighted by molar-refractivity contribution is 5.84. The molecule has 0 radical (unpaired) electrons. The number of hydrogen-bond donors (Lipinski definition) is 1. The molecule has 2 aromatic carbocycles. The zero-order chi connectivity index (χ0) is 13.5. The normalized spacial score (nSPS) is 23.8. The molecule has 0 saturated heterocycles. The number of aliphatic carboxylic acids is 1. The van der Waals surface area contributed by atoms with Crippen molar-refractivity contribution in [1.82, 2.24) is 0 Å². The van der Waals surface area contributed by atoms with Crippen molar-refractivity contribution in [3.63, 3.8) is 0 Å². The SMILES string of the molecule is CC1(C(=O)O)CC1(c1ccccc1)c1ccccc1. The fourth-order valence-electron chi connectivity index (χ4n) is 3.20. The third-order valence-electron chi connectivity index (χ3n) is 4.44. The molecule has 2 aromatic rings. The summed E-state index contributed by atoms with van der Waals surface area (Å²) >= 11 is 0. The average molecular weight is 252 g/mol. The maximum absolute atomic E-state index is 11.6. The number of carboxylic acids is 1. The number of benzene rings is 2. The van der Waals surface area contributed by atoms with Crippen LogP contribution in [0.2, 0.25) is 0 Å². The minimum atomic E-state index is -0.722. The molecule has 0 aliphatic heterocycles. The summed E-state index contributed by atoms with van der Waals surface area (Å²) in [5, 5.41) is 9.57. The predicted octanol–water partition coefficient (Wildman–Crippen LogP) is 3.47. The van der Waals surface area contributed by atoms with Gasteiger partial charge in [-0.1, -0.05) is 60.7 Å². The van der Waals surface area contributed by atoms with Crippen molar-refractivity contribution >= 4 is 5.97 Å². The third kappa shape index (κ3) is 1.53. The van der Waals surface area contributed by atoms with Gasteiger partial charge in [0.25, 0.3) is 0 Å². The lowest BCUT2D eigenvalue weighted by atomic mass is 9.81. The Morgan fingerprint density at radius 3 is 1.68 bits per heavy atom. The third-order valence-corrected chi connectivity index (χ3v) is 4.44. The zero-order valence-corrected chi connectivity index (χ0v) is 10.8. The Morgan fingerprint density at radius 2 is 1.37 bits per heavy atom. The predicted molar refractivity (Wildman–Crippen MR) is 74.0 cm³/mol. The van der Waals surface area contributed by atoms with Gasteiger partial charge in [0.05, 0.1) is 5.41 Å². The largest absolute Gasteiger partial charge is 0.481 e. The molecule has 2 heteroatoms. The van der Waals surface area contributed by atoms with Gasteiger partial charge in [0, 0.05) is 5.41 Å². The van der Waals surface area contributed by atoms with Crippen molar-refractivity contribution in [3.05, 3.63) is 71.8 Å². The van der Waals surface area contributed by atoms with Crippen LogP contribution in [0.3, 0.4) is 0 Å². The lowest BCUT2D eigenvalue weighted by Gasteiger charge is -2.21. The molecular formula is C17H16O2. The van der Waals surface area contributed by atoms with Crippen LogP contribution in [-0.2, 0) is 10.2 Å². The van der Waals surface area contributed by atoms with Gasteiger partial charge in [-0.3, -0.25) is 4.79 Å². The highest BCUT2D eigenvalue weighted by atomic mass is 16.4. The van der Waals surface area contributed by atoms with Crippen LogP contribution >= 0.6 is 0 Å². The second kappa shape index (κ2) is 3.95. The summed E-state index contributed by atoms with van der Waals surface area (Å²) in [5.41, 5.74) is 1.08. The molecule has 1 N–H and O–H groups in total. The summed E-state index contributed by atoms with van der Waals surface area (Å²) in [6.07, 6.45) is 0.656. The summed E-state index contributed by atoms with van der Waals surface area (Å²) in [6, 6.07) is 19.9. The van der Waals surface area contributed by atoms with Crippen LogP contribution in [0.4, 0.5) is 0 Å². The van der Waals surface area contributed by atoms with Gasteiger partial charge in [-0.25, -0.2) is 0 Å². The summed E-state index contributed by atoms with van der Waals surface area (Å²) < 4.78 is 0. The van der Waals surface area contributed by atoms with Crippen molar-refractivity contribution in [1.29, 1.82) is 0 Å². The van der Waals surface area contributed by atoms with E-state index in [0.29, 0.717) is 6.42 Å². The van der Waals surface area contributed by atoms with Crippen LogP contribution in [0.1, 0.15) is 24.5 Å². The Balaban J connectivity index is 2.18. The molecule has 0 heterocycles. The first-order valence-corrected chi connectivity index (χ1v) is 6.46. The van der Waals surface area contributed by atoms with Crippen molar-refractivity contribution in [2.45, 2.75) is 18.8 Å². The zero-order valence-electron chi connectivity index (χ0n) is 10.8. The standard InChI is InChI=1S/C17H16O2/c1-16(15(18)19)12-17(16,13-8-4-2-5-9-13)14-10-6-3-7-11-14/h2-11H,12H2,1H3,(H,18,19). The maximum atomic E-state index is 11.6. The molecule has 19 heavy (non-hydrogen) atoms. The van der Waals surface area contributed by atoms with Crippen LogP contribution in [0.25, 0.3) is 0 Å². The molecule has 1 unspecified atom stereocenters. The van der Waals surface area contributed by atoms with E-state index in [1.807, 2.05) is 67.6 Å². The van der Waals surface area contributed by atoms with E-state index in [9.17, 15) is 9.90 Å². The molecular weight excluding hydrogens is 236 g/mol. The van der Waals surface area contributed by atoms with Gasteiger partial charge in [0.2, 0.25) is 0 Å². The van der Waals surface area contributed by atoms with Gasteiger partial charge in [-0.15, -0.1) is 0 Å². The molecule has 0 bridgehead atoms. The molecule has 1 aliphatic rings. The minimum Gasteiger partial charge on any atom is -0.481 e. The van der Waals surface area contributed by atoms with Gasteiger partial charge in [-0.2, -0.15) is 0 Å². The Labute approximate surface area is 112 Å². The number of hydrogen-bond acceptors (Lipinski definition) is 1. The first kappa shape index (κ1) is 12.0. The summed E-state index contributed by atoms with van der Waals surface area (Å²) in [4.78, 5) is 11.6. The molecule has 3 rings (SSSR count). The Morgan fingerprint density at radius 1 is 0.947 bits per heavy atom. The number of carbonyl (C=O) groups is 1. The molecule has 1 saturated carbocycles. The molecule has 2 nitrogen and oxygen atoms in total. The van der Waals surface area contributed by atoms with Crippen molar-refractivity contribution in [2.24, 2.45) is 5.41 Å². The quantitative estimate of drug-likeness (QED) is 0.908. The van der Waals surface area contributed by atoms with Crippen LogP contribution in [-0.4, -0.2) is 11.1 Å². The summed E-state index contributed by atoms with van der Waals surface area (Å²) in [5.74, 6) is -0.722. The lowest BCUT2D eigenvalue weighted by Crippen LogP contribution is -2.24. The second-order valence-electron chi connectivity index (χ2n) is 5.45. The monoisotopic (exact) mass is 252 g/mol. The molecule has 1 atom stereocenters. The van der Waals surface area contributed by atoms with Gasteiger partial charge < -0.3 is 5.11 Å². The molecule has 1 fully saturated rings. The van der Waals surface area contributed by atoms with Gasteiger partial charge >= 0.3 is 5.97 Å².